The Balaban J connectivity index is 2.09. The maximum absolute atomic E-state index is 12.4. The summed E-state index contributed by atoms with van der Waals surface area (Å²) in [6.07, 6.45) is 2.11. The first-order valence-corrected chi connectivity index (χ1v) is 7.18. The number of carbonyl (C=O) groups excluding carboxylic acids is 1. The Bertz CT molecular complexity index is 480. The number of carboxylic acids is 1. The molecule has 0 radical (unpaired) electrons. The van der Waals surface area contributed by atoms with Gasteiger partial charge in [-0.2, -0.15) is 0 Å². The second-order valence-corrected chi connectivity index (χ2v) is 5.61. The van der Waals surface area contributed by atoms with E-state index in [2.05, 4.69) is 4.90 Å². The number of Topliss-reactive ketones (excluding diaryl/α,β-unsaturated/α-hetero) is 1. The molecular formula is C15H18ClNO3. The fourth-order valence-corrected chi connectivity index (χ4v) is 2.70. The van der Waals surface area contributed by atoms with Crippen LogP contribution in [0.15, 0.2) is 24.3 Å². The molecule has 4 nitrogen and oxygen atoms in total. The van der Waals surface area contributed by atoms with E-state index in [4.69, 9.17) is 16.7 Å². The highest BCUT2D eigenvalue weighted by Gasteiger charge is 2.26. The van der Waals surface area contributed by atoms with Crippen LogP contribution in [-0.2, 0) is 4.79 Å². The predicted octanol–water partition coefficient (Wildman–Crippen LogP) is 2.71. The van der Waals surface area contributed by atoms with Crippen LogP contribution >= 0.6 is 11.6 Å². The van der Waals surface area contributed by atoms with Crippen LogP contribution in [0.2, 0.25) is 5.02 Å². The van der Waals surface area contributed by atoms with Gasteiger partial charge in [-0.05, 0) is 50.2 Å². The fraction of sp³-hybridized carbons (Fsp3) is 0.467. The number of nitrogens with zero attached hydrogens (tertiary/aromatic N) is 1. The quantitative estimate of drug-likeness (QED) is 0.820. The van der Waals surface area contributed by atoms with Crippen molar-refractivity contribution in [1.29, 1.82) is 0 Å². The predicted molar refractivity (Wildman–Crippen MR) is 77.2 cm³/mol. The van der Waals surface area contributed by atoms with E-state index in [0.29, 0.717) is 17.1 Å². The first kappa shape index (κ1) is 15.0. The Hall–Kier alpha value is -1.39. The molecule has 20 heavy (non-hydrogen) atoms. The summed E-state index contributed by atoms with van der Waals surface area (Å²) in [5.41, 5.74) is 0.528. The third-order valence-electron chi connectivity index (χ3n) is 3.60. The molecule has 1 atom stereocenters. The molecule has 1 saturated heterocycles. The van der Waals surface area contributed by atoms with Crippen molar-refractivity contribution in [1.82, 2.24) is 4.90 Å². The normalized spacial score (nSPS) is 17.1. The largest absolute Gasteiger partial charge is 0.481 e. The number of ketones is 1. The molecule has 0 bridgehead atoms. The van der Waals surface area contributed by atoms with E-state index in [9.17, 15) is 9.59 Å². The second kappa shape index (κ2) is 6.86. The molecule has 0 aromatic heterocycles. The standard InChI is InChI=1S/C15H18ClNO3/c16-13-5-3-11(4-6-13)15(20)12(9-14(18)19)10-17-7-1-2-8-17/h3-6,12H,1-2,7-10H2,(H,18,19). The number of halogens is 1. The van der Waals surface area contributed by atoms with Gasteiger partial charge in [-0.15, -0.1) is 0 Å². The summed E-state index contributed by atoms with van der Waals surface area (Å²) in [6.45, 7) is 2.42. The molecule has 0 saturated carbocycles. The first-order valence-electron chi connectivity index (χ1n) is 6.80. The van der Waals surface area contributed by atoms with E-state index in [1.807, 2.05) is 0 Å². The fourth-order valence-electron chi connectivity index (χ4n) is 2.58. The number of carbonyl (C=O) groups is 2. The molecule has 1 N–H and O–H groups in total. The average molecular weight is 296 g/mol. The van der Waals surface area contributed by atoms with Gasteiger partial charge < -0.3 is 10.0 Å². The smallest absolute Gasteiger partial charge is 0.304 e. The van der Waals surface area contributed by atoms with Gasteiger partial charge in [0.2, 0.25) is 0 Å². The van der Waals surface area contributed by atoms with Crippen molar-refractivity contribution in [3.63, 3.8) is 0 Å². The lowest BCUT2D eigenvalue weighted by Crippen LogP contribution is -2.32. The van der Waals surface area contributed by atoms with Gasteiger partial charge in [0.15, 0.2) is 5.78 Å². The molecule has 0 spiro atoms. The van der Waals surface area contributed by atoms with Gasteiger partial charge in [0.25, 0.3) is 0 Å². The molecule has 2 rings (SSSR count). The van der Waals surface area contributed by atoms with E-state index in [-0.39, 0.29) is 12.2 Å². The lowest BCUT2D eigenvalue weighted by Gasteiger charge is -2.21. The van der Waals surface area contributed by atoms with Crippen molar-refractivity contribution in [3.8, 4) is 0 Å². The van der Waals surface area contributed by atoms with E-state index in [1.165, 1.54) is 0 Å². The van der Waals surface area contributed by atoms with Gasteiger partial charge in [-0.25, -0.2) is 0 Å². The Morgan fingerprint density at radius 2 is 1.80 bits per heavy atom. The summed E-state index contributed by atoms with van der Waals surface area (Å²) in [5.74, 6) is -1.54. The monoisotopic (exact) mass is 295 g/mol. The molecule has 1 heterocycles. The van der Waals surface area contributed by atoms with Crippen LogP contribution in [-0.4, -0.2) is 41.4 Å². The van der Waals surface area contributed by atoms with Crippen molar-refractivity contribution in [2.45, 2.75) is 19.3 Å². The van der Waals surface area contributed by atoms with Crippen molar-refractivity contribution in [3.05, 3.63) is 34.9 Å². The third-order valence-corrected chi connectivity index (χ3v) is 3.85. The molecule has 1 unspecified atom stereocenters. The number of rotatable bonds is 6. The highest BCUT2D eigenvalue weighted by molar-refractivity contribution is 6.30. The Morgan fingerprint density at radius 3 is 2.35 bits per heavy atom. The molecule has 0 amide bonds. The van der Waals surface area contributed by atoms with Crippen molar-refractivity contribution in [2.24, 2.45) is 5.92 Å². The van der Waals surface area contributed by atoms with Gasteiger partial charge in [0, 0.05) is 23.0 Å². The minimum atomic E-state index is -0.934. The molecule has 108 valence electrons. The van der Waals surface area contributed by atoms with Crippen LogP contribution in [0, 0.1) is 5.92 Å². The van der Waals surface area contributed by atoms with Crippen LogP contribution < -0.4 is 0 Å². The first-order chi connectivity index (χ1) is 9.56. The molecular weight excluding hydrogens is 278 g/mol. The summed E-state index contributed by atoms with van der Waals surface area (Å²) in [6, 6.07) is 6.62. The van der Waals surface area contributed by atoms with Crippen LogP contribution in [0.1, 0.15) is 29.6 Å². The number of likely N-dealkylation sites (tertiary alicyclic amines) is 1. The summed E-state index contributed by atoms with van der Waals surface area (Å²) in [4.78, 5) is 25.6. The third kappa shape index (κ3) is 4.05. The summed E-state index contributed by atoms with van der Waals surface area (Å²) < 4.78 is 0. The number of hydrogen-bond acceptors (Lipinski definition) is 3. The number of benzene rings is 1. The van der Waals surface area contributed by atoms with Gasteiger partial charge in [-0.3, -0.25) is 9.59 Å². The summed E-state index contributed by atoms with van der Waals surface area (Å²) in [5, 5.41) is 9.57. The van der Waals surface area contributed by atoms with E-state index < -0.39 is 11.9 Å². The maximum Gasteiger partial charge on any atom is 0.304 e. The highest BCUT2D eigenvalue weighted by atomic mass is 35.5. The van der Waals surface area contributed by atoms with Crippen LogP contribution in [0.5, 0.6) is 0 Å². The zero-order chi connectivity index (χ0) is 14.5. The van der Waals surface area contributed by atoms with Crippen molar-refractivity contribution < 1.29 is 14.7 Å². The van der Waals surface area contributed by atoms with Crippen LogP contribution in [0.25, 0.3) is 0 Å². The van der Waals surface area contributed by atoms with E-state index >= 15 is 0 Å². The van der Waals surface area contributed by atoms with E-state index in [0.717, 1.165) is 25.9 Å². The summed E-state index contributed by atoms with van der Waals surface area (Å²) >= 11 is 5.80. The zero-order valence-corrected chi connectivity index (χ0v) is 12.0. The zero-order valence-electron chi connectivity index (χ0n) is 11.2. The highest BCUT2D eigenvalue weighted by Crippen LogP contribution is 2.19. The number of hydrogen-bond donors (Lipinski definition) is 1. The minimum absolute atomic E-state index is 0.115. The molecule has 0 aliphatic carbocycles. The Kier molecular flexibility index (Phi) is 5.15. The summed E-state index contributed by atoms with van der Waals surface area (Å²) in [7, 11) is 0. The molecule has 1 aromatic rings. The Labute approximate surface area is 123 Å². The van der Waals surface area contributed by atoms with Crippen molar-refractivity contribution in [2.75, 3.05) is 19.6 Å². The second-order valence-electron chi connectivity index (χ2n) is 5.17. The maximum atomic E-state index is 12.4. The van der Waals surface area contributed by atoms with Crippen molar-refractivity contribution >= 4 is 23.4 Å². The van der Waals surface area contributed by atoms with Crippen LogP contribution in [0.3, 0.4) is 0 Å². The number of aliphatic carboxylic acids is 1. The minimum Gasteiger partial charge on any atom is -0.481 e. The molecule has 5 heteroatoms. The lowest BCUT2D eigenvalue weighted by molar-refractivity contribution is -0.137. The molecule has 1 aliphatic heterocycles. The average Bonchev–Trinajstić information content (AvgIpc) is 2.90. The molecule has 1 aromatic carbocycles. The number of carboxylic acid groups (broad SMARTS) is 1. The lowest BCUT2D eigenvalue weighted by atomic mass is 9.94. The van der Waals surface area contributed by atoms with Gasteiger partial charge in [0.05, 0.1) is 6.42 Å². The Morgan fingerprint density at radius 1 is 1.20 bits per heavy atom. The molecule has 1 fully saturated rings. The van der Waals surface area contributed by atoms with Gasteiger partial charge >= 0.3 is 5.97 Å². The molecule has 1 aliphatic rings. The van der Waals surface area contributed by atoms with Gasteiger partial charge in [-0.1, -0.05) is 11.6 Å². The van der Waals surface area contributed by atoms with Gasteiger partial charge in [0.1, 0.15) is 0 Å². The van der Waals surface area contributed by atoms with E-state index in [1.54, 1.807) is 24.3 Å². The topological polar surface area (TPSA) is 57.6 Å². The van der Waals surface area contributed by atoms with Crippen LogP contribution in [0.4, 0.5) is 0 Å². The SMILES string of the molecule is O=C(O)CC(CN1CCCC1)C(=O)c1ccc(Cl)cc1.